The van der Waals surface area contributed by atoms with Gasteiger partial charge >= 0.3 is 0 Å². The first kappa shape index (κ1) is 17.9. The van der Waals surface area contributed by atoms with Crippen LogP contribution in [0.25, 0.3) is 0 Å². The summed E-state index contributed by atoms with van der Waals surface area (Å²) in [6.07, 6.45) is 9.96. The Bertz CT molecular complexity index is 208. The molecule has 0 heterocycles. The summed E-state index contributed by atoms with van der Waals surface area (Å²) in [6, 6.07) is 0. The van der Waals surface area contributed by atoms with Crippen LogP contribution in [0.2, 0.25) is 0 Å². The molecule has 0 spiro atoms. The molecule has 1 saturated carbocycles. The smallest absolute Gasteiger partial charge is 0.000967 e. The van der Waals surface area contributed by atoms with Gasteiger partial charge in [-0.15, -0.1) is 0 Å². The molecule has 0 aliphatic heterocycles. The van der Waals surface area contributed by atoms with Crippen molar-refractivity contribution in [1.29, 1.82) is 0 Å². The summed E-state index contributed by atoms with van der Waals surface area (Å²) in [7, 11) is 8.71. The molecule has 0 amide bonds. The van der Waals surface area contributed by atoms with Gasteiger partial charge in [-0.1, -0.05) is 19.3 Å². The van der Waals surface area contributed by atoms with Gasteiger partial charge in [0, 0.05) is 6.54 Å². The Morgan fingerprint density at radius 2 is 1.20 bits per heavy atom. The Labute approximate surface area is 127 Å². The lowest BCUT2D eigenvalue weighted by atomic mass is 9.89. The second-order valence-corrected chi connectivity index (χ2v) is 7.12. The monoisotopic (exact) mass is 283 g/mol. The van der Waals surface area contributed by atoms with Gasteiger partial charge in [-0.05, 0) is 86.0 Å². The molecule has 0 saturated heterocycles. The first-order valence-electron chi connectivity index (χ1n) is 8.59. The van der Waals surface area contributed by atoms with Gasteiger partial charge in [0.25, 0.3) is 0 Å². The molecule has 0 bridgehead atoms. The second-order valence-electron chi connectivity index (χ2n) is 7.12. The molecule has 0 atom stereocenters. The predicted octanol–water partition coefficient (Wildman–Crippen LogP) is 2.77. The Morgan fingerprint density at radius 1 is 0.700 bits per heavy atom. The fraction of sp³-hybridized carbons (Fsp3) is 1.00. The zero-order chi connectivity index (χ0) is 14.8. The number of hydrogen-bond acceptors (Lipinski definition) is 3. The predicted molar refractivity (Wildman–Crippen MR) is 89.4 cm³/mol. The van der Waals surface area contributed by atoms with Gasteiger partial charge in [0.15, 0.2) is 0 Å². The zero-order valence-corrected chi connectivity index (χ0v) is 14.4. The van der Waals surface area contributed by atoms with Gasteiger partial charge < -0.3 is 14.7 Å². The maximum absolute atomic E-state index is 2.74. The highest BCUT2D eigenvalue weighted by molar-refractivity contribution is 4.71. The van der Waals surface area contributed by atoms with Crippen LogP contribution < -0.4 is 0 Å². The molecule has 0 radical (unpaired) electrons. The molecule has 0 N–H and O–H groups in total. The first-order valence-corrected chi connectivity index (χ1v) is 8.59. The SMILES string of the molecule is CN(C)CCCN(CCCN(C)C)CC1CCCCC1. The Kier molecular flexibility index (Phi) is 9.49. The van der Waals surface area contributed by atoms with Crippen LogP contribution >= 0.6 is 0 Å². The van der Waals surface area contributed by atoms with Crippen LogP contribution in [-0.4, -0.2) is 75.6 Å². The zero-order valence-electron chi connectivity index (χ0n) is 14.4. The molecule has 120 valence electrons. The third kappa shape index (κ3) is 8.93. The van der Waals surface area contributed by atoms with Crippen LogP contribution in [0, 0.1) is 5.92 Å². The minimum absolute atomic E-state index is 0.975. The molecular formula is C17H37N3. The Morgan fingerprint density at radius 3 is 1.65 bits per heavy atom. The van der Waals surface area contributed by atoms with Crippen molar-refractivity contribution in [3.63, 3.8) is 0 Å². The lowest BCUT2D eigenvalue weighted by molar-refractivity contribution is 0.186. The highest BCUT2D eigenvalue weighted by atomic mass is 15.1. The van der Waals surface area contributed by atoms with Crippen LogP contribution in [0.3, 0.4) is 0 Å². The summed E-state index contributed by atoms with van der Waals surface area (Å²) in [5.74, 6) is 0.975. The van der Waals surface area contributed by atoms with Crippen LogP contribution in [-0.2, 0) is 0 Å². The molecule has 3 heteroatoms. The normalized spacial score (nSPS) is 17.6. The van der Waals surface area contributed by atoms with Crippen molar-refractivity contribution < 1.29 is 0 Å². The van der Waals surface area contributed by atoms with Crippen LogP contribution in [0.5, 0.6) is 0 Å². The number of nitrogens with zero attached hydrogens (tertiary/aromatic N) is 3. The standard InChI is InChI=1S/C17H37N3/c1-18(2)12-8-14-20(15-9-13-19(3)4)16-17-10-6-5-7-11-17/h17H,5-16H2,1-4H3. The highest BCUT2D eigenvalue weighted by Crippen LogP contribution is 2.24. The third-order valence-electron chi connectivity index (χ3n) is 4.40. The quantitative estimate of drug-likeness (QED) is 0.610. The molecule has 3 nitrogen and oxygen atoms in total. The average molecular weight is 284 g/mol. The molecule has 0 aromatic carbocycles. The maximum atomic E-state index is 2.74. The molecule has 1 fully saturated rings. The lowest BCUT2D eigenvalue weighted by Crippen LogP contribution is -2.34. The lowest BCUT2D eigenvalue weighted by Gasteiger charge is -2.30. The van der Waals surface area contributed by atoms with Gasteiger partial charge in [-0.2, -0.15) is 0 Å². The van der Waals surface area contributed by atoms with E-state index in [0.29, 0.717) is 0 Å². The minimum atomic E-state index is 0.975. The van der Waals surface area contributed by atoms with Crippen LogP contribution in [0.15, 0.2) is 0 Å². The fourth-order valence-electron chi connectivity index (χ4n) is 3.25. The van der Waals surface area contributed by atoms with Crippen molar-refractivity contribution in [3.8, 4) is 0 Å². The largest absolute Gasteiger partial charge is 0.309 e. The topological polar surface area (TPSA) is 9.72 Å². The van der Waals surface area contributed by atoms with Crippen LogP contribution in [0.1, 0.15) is 44.9 Å². The van der Waals surface area contributed by atoms with Gasteiger partial charge in [-0.3, -0.25) is 0 Å². The summed E-state index contributed by atoms with van der Waals surface area (Å²) < 4.78 is 0. The summed E-state index contributed by atoms with van der Waals surface area (Å²) in [5.41, 5.74) is 0. The molecular weight excluding hydrogens is 246 g/mol. The van der Waals surface area contributed by atoms with E-state index in [9.17, 15) is 0 Å². The van der Waals surface area contributed by atoms with Gasteiger partial charge in [0.05, 0.1) is 0 Å². The van der Waals surface area contributed by atoms with E-state index in [2.05, 4.69) is 42.9 Å². The molecule has 1 aliphatic rings. The summed E-state index contributed by atoms with van der Waals surface area (Å²) in [6.45, 7) is 6.34. The molecule has 0 unspecified atom stereocenters. The summed E-state index contributed by atoms with van der Waals surface area (Å²) >= 11 is 0. The van der Waals surface area contributed by atoms with E-state index >= 15 is 0 Å². The number of hydrogen-bond donors (Lipinski definition) is 0. The van der Waals surface area contributed by atoms with Gasteiger partial charge in [0.2, 0.25) is 0 Å². The molecule has 1 aliphatic carbocycles. The third-order valence-corrected chi connectivity index (χ3v) is 4.40. The van der Waals surface area contributed by atoms with E-state index in [1.54, 1.807) is 0 Å². The average Bonchev–Trinajstić information content (AvgIpc) is 2.38. The molecule has 0 aromatic heterocycles. The van der Waals surface area contributed by atoms with Crippen molar-refractivity contribution in [3.05, 3.63) is 0 Å². The minimum Gasteiger partial charge on any atom is -0.309 e. The van der Waals surface area contributed by atoms with E-state index in [1.165, 1.54) is 77.7 Å². The van der Waals surface area contributed by atoms with Crippen molar-refractivity contribution in [2.75, 3.05) is 60.9 Å². The van der Waals surface area contributed by atoms with E-state index in [4.69, 9.17) is 0 Å². The second kappa shape index (κ2) is 10.6. The van der Waals surface area contributed by atoms with E-state index in [-0.39, 0.29) is 0 Å². The van der Waals surface area contributed by atoms with E-state index in [1.807, 2.05) is 0 Å². The maximum Gasteiger partial charge on any atom is 0.000967 e. The van der Waals surface area contributed by atoms with Crippen molar-refractivity contribution in [2.45, 2.75) is 44.9 Å². The highest BCUT2D eigenvalue weighted by Gasteiger charge is 2.17. The molecule has 20 heavy (non-hydrogen) atoms. The molecule has 0 aromatic rings. The van der Waals surface area contributed by atoms with Gasteiger partial charge in [-0.25, -0.2) is 0 Å². The van der Waals surface area contributed by atoms with Crippen molar-refractivity contribution >= 4 is 0 Å². The van der Waals surface area contributed by atoms with E-state index in [0.717, 1.165) is 5.92 Å². The van der Waals surface area contributed by atoms with Gasteiger partial charge in [0.1, 0.15) is 0 Å². The Hall–Kier alpha value is -0.120. The van der Waals surface area contributed by atoms with Crippen molar-refractivity contribution in [1.82, 2.24) is 14.7 Å². The van der Waals surface area contributed by atoms with Crippen molar-refractivity contribution in [2.24, 2.45) is 5.92 Å². The van der Waals surface area contributed by atoms with E-state index < -0.39 is 0 Å². The molecule has 1 rings (SSSR count). The van der Waals surface area contributed by atoms with Crippen LogP contribution in [0.4, 0.5) is 0 Å². The fourth-order valence-corrected chi connectivity index (χ4v) is 3.25. The summed E-state index contributed by atoms with van der Waals surface area (Å²) in [5, 5.41) is 0. The first-order chi connectivity index (χ1) is 9.58. The summed E-state index contributed by atoms with van der Waals surface area (Å²) in [4.78, 5) is 7.35. The number of rotatable bonds is 10. The Balaban J connectivity index is 2.28.